The van der Waals surface area contributed by atoms with Crippen molar-refractivity contribution in [1.29, 1.82) is 0 Å². The molecule has 0 aliphatic heterocycles. The lowest BCUT2D eigenvalue weighted by Gasteiger charge is -2.19. The first-order valence-electron chi connectivity index (χ1n) is 27.5. The number of rotatable bonds is 9. The summed E-state index contributed by atoms with van der Waals surface area (Å²) in [7, 11) is 0. The summed E-state index contributed by atoms with van der Waals surface area (Å²) in [5.74, 6) is 0.288. The normalized spacial score (nSPS) is 14.2. The Morgan fingerprint density at radius 2 is 0.848 bits per heavy atom. The largest absolute Gasteiger partial charge is 0.309 e. The number of nitrogens with zero attached hydrogens (tertiary/aromatic N) is 1. The van der Waals surface area contributed by atoms with Gasteiger partial charge in [0.2, 0.25) is 0 Å². The highest BCUT2D eigenvalue weighted by molar-refractivity contribution is 7.13. The number of aromatic nitrogens is 1. The molecule has 3 heteroatoms. The highest BCUT2D eigenvalue weighted by Crippen LogP contribution is 2.47. The van der Waals surface area contributed by atoms with Crippen LogP contribution in [0.5, 0.6) is 0 Å². The van der Waals surface area contributed by atoms with Gasteiger partial charge in [-0.05, 0) is 238 Å². The minimum Gasteiger partial charge on any atom is -0.309 e. The summed E-state index contributed by atoms with van der Waals surface area (Å²) < 4.78 is 2.55. The second-order valence-electron chi connectivity index (χ2n) is 21.6. The third kappa shape index (κ3) is 8.11. The molecule has 0 saturated carbocycles. The van der Waals surface area contributed by atoms with Crippen molar-refractivity contribution in [3.05, 3.63) is 299 Å². The molecule has 1 atom stereocenters. The van der Waals surface area contributed by atoms with Crippen LogP contribution in [0.2, 0.25) is 0 Å². The van der Waals surface area contributed by atoms with E-state index in [4.69, 9.17) is 0 Å². The van der Waals surface area contributed by atoms with Crippen LogP contribution >= 0.6 is 22.7 Å². The van der Waals surface area contributed by atoms with Gasteiger partial charge in [-0.3, -0.25) is 0 Å². The second-order valence-corrected chi connectivity index (χ2v) is 23.5. The Morgan fingerprint density at radius 3 is 1.48 bits per heavy atom. The molecule has 3 heterocycles. The molecule has 0 saturated heterocycles. The monoisotopic (exact) mass is 1040 g/mol. The molecule has 3 aromatic heterocycles. The topological polar surface area (TPSA) is 4.93 Å². The fraction of sp³-hybridized carbons (Fsp3) is 0.0526. The molecular formula is C76H51NS2. The number of hydrogen-bond donors (Lipinski definition) is 0. The van der Waals surface area contributed by atoms with Crippen LogP contribution in [0.15, 0.2) is 271 Å². The smallest absolute Gasteiger partial charge is 0.0541 e. The van der Waals surface area contributed by atoms with Crippen LogP contribution in [0.25, 0.3) is 121 Å². The maximum Gasteiger partial charge on any atom is 0.0541 e. The van der Waals surface area contributed by atoms with Crippen molar-refractivity contribution in [2.45, 2.75) is 25.2 Å². The lowest BCUT2D eigenvalue weighted by molar-refractivity contribution is 0.847. The van der Waals surface area contributed by atoms with Gasteiger partial charge in [0.25, 0.3) is 0 Å². The van der Waals surface area contributed by atoms with Crippen LogP contribution < -0.4 is 0 Å². The van der Waals surface area contributed by atoms with E-state index in [1.54, 1.807) is 22.7 Å². The minimum atomic E-state index is 0.288. The highest BCUT2D eigenvalue weighted by Gasteiger charge is 2.27. The van der Waals surface area contributed by atoms with Gasteiger partial charge < -0.3 is 4.57 Å². The Kier molecular flexibility index (Phi) is 11.0. The SMILES string of the molecule is C1=C2Cc3ccccc3C2=CCC1c1ccc2c(c1)c1cc(-c3ccc4c(c3)Cc3ccccc3-4)ccc1n2-c1cc(-c2cc(-c3ccccc3)cc(-c3cccs3)c2)cc(-c2cc(-c3ccccc3)cc(-c3cccs3)c2)c1. The Hall–Kier alpha value is -9.12. The first-order valence-corrected chi connectivity index (χ1v) is 29.3. The Balaban J connectivity index is 0.923. The van der Waals surface area contributed by atoms with Gasteiger partial charge in [-0.15, -0.1) is 22.7 Å². The zero-order valence-electron chi connectivity index (χ0n) is 43.4. The molecule has 0 radical (unpaired) electrons. The molecule has 1 unspecified atom stereocenters. The fourth-order valence-corrected chi connectivity index (χ4v) is 14.5. The van der Waals surface area contributed by atoms with Gasteiger partial charge in [-0.1, -0.05) is 164 Å². The zero-order chi connectivity index (χ0) is 52.0. The van der Waals surface area contributed by atoms with E-state index >= 15 is 0 Å². The van der Waals surface area contributed by atoms with Gasteiger partial charge >= 0.3 is 0 Å². The summed E-state index contributed by atoms with van der Waals surface area (Å²) in [5, 5.41) is 6.90. The number of thiophene rings is 2. The van der Waals surface area contributed by atoms with E-state index in [1.807, 2.05) is 0 Å². The van der Waals surface area contributed by atoms with E-state index in [2.05, 4.69) is 270 Å². The highest BCUT2D eigenvalue weighted by atomic mass is 32.1. The number of hydrogen-bond acceptors (Lipinski definition) is 2. The summed E-state index contributed by atoms with van der Waals surface area (Å²) in [6.45, 7) is 0. The molecule has 372 valence electrons. The standard InChI is InChI=1S/C76H51NS2/c1-3-13-48(14-4-1)56-37-58(42-64(40-56)75-21-11-31-78-75)60-39-61(59-38-57(49-15-5-2-6-16-49)41-65(43-59)76-22-12-32-79-76)45-66(44-60)77-73-29-25-52(50-23-27-69-62(33-50)35-54-17-7-9-19-67(54)69)46-71(73)72-47-53(26-30-74(72)77)51-24-28-70-63(34-51)36-55-18-8-10-20-68(55)70/h1-23,25-34,37-47,51H,24,35-36H2. The molecule has 3 aliphatic carbocycles. The molecule has 1 nitrogen and oxygen atoms in total. The third-order valence-corrected chi connectivity index (χ3v) is 18.7. The van der Waals surface area contributed by atoms with Crippen LogP contribution in [0, 0.1) is 0 Å². The first-order chi connectivity index (χ1) is 39.1. The summed E-state index contributed by atoms with van der Waals surface area (Å²) in [6, 6.07) is 91.7. The van der Waals surface area contributed by atoms with Crippen molar-refractivity contribution in [2.24, 2.45) is 0 Å². The predicted molar refractivity (Wildman–Crippen MR) is 336 cm³/mol. The van der Waals surface area contributed by atoms with Crippen LogP contribution in [0.4, 0.5) is 0 Å². The molecule has 16 rings (SSSR count). The van der Waals surface area contributed by atoms with Crippen LogP contribution in [0.3, 0.4) is 0 Å². The van der Waals surface area contributed by atoms with Crippen molar-refractivity contribution >= 4 is 50.1 Å². The summed E-state index contributed by atoms with van der Waals surface area (Å²) in [5.41, 5.74) is 30.6. The summed E-state index contributed by atoms with van der Waals surface area (Å²) in [4.78, 5) is 2.51. The van der Waals surface area contributed by atoms with E-state index in [0.717, 1.165) is 24.9 Å². The van der Waals surface area contributed by atoms with Gasteiger partial charge in [0.15, 0.2) is 0 Å². The van der Waals surface area contributed by atoms with Crippen molar-refractivity contribution in [2.75, 3.05) is 0 Å². The maximum absolute atomic E-state index is 2.57. The first kappa shape index (κ1) is 46.0. The van der Waals surface area contributed by atoms with Gasteiger partial charge in [0.1, 0.15) is 0 Å². The third-order valence-electron chi connectivity index (χ3n) is 16.9. The molecule has 3 aliphatic rings. The number of fused-ring (bicyclic) bond motifs is 9. The van der Waals surface area contributed by atoms with E-state index in [9.17, 15) is 0 Å². The maximum atomic E-state index is 2.57. The zero-order valence-corrected chi connectivity index (χ0v) is 45.0. The van der Waals surface area contributed by atoms with Crippen molar-refractivity contribution in [3.63, 3.8) is 0 Å². The fourth-order valence-electron chi connectivity index (χ4n) is 13.1. The quantitative estimate of drug-likeness (QED) is 0.136. The lowest BCUT2D eigenvalue weighted by atomic mass is 9.85. The van der Waals surface area contributed by atoms with E-state index < -0.39 is 0 Å². The van der Waals surface area contributed by atoms with Gasteiger partial charge in [-0.2, -0.15) is 0 Å². The van der Waals surface area contributed by atoms with Crippen molar-refractivity contribution in [1.82, 2.24) is 4.57 Å². The van der Waals surface area contributed by atoms with Crippen LogP contribution in [-0.4, -0.2) is 4.57 Å². The molecule has 0 amide bonds. The molecule has 0 N–H and O–H groups in total. The summed E-state index contributed by atoms with van der Waals surface area (Å²) in [6.07, 6.45) is 8.02. The average Bonchev–Trinajstić information content (AvgIpc) is 4.55. The molecule has 13 aromatic rings. The lowest BCUT2D eigenvalue weighted by Crippen LogP contribution is -2.01. The molecule has 0 spiro atoms. The van der Waals surface area contributed by atoms with Crippen LogP contribution in [0.1, 0.15) is 40.2 Å². The van der Waals surface area contributed by atoms with E-state index in [1.165, 1.54) is 148 Å². The summed E-state index contributed by atoms with van der Waals surface area (Å²) >= 11 is 3.59. The Labute approximate surface area is 469 Å². The molecule has 0 bridgehead atoms. The minimum absolute atomic E-state index is 0.288. The van der Waals surface area contributed by atoms with Crippen molar-refractivity contribution in [3.8, 4) is 93.3 Å². The molecule has 10 aromatic carbocycles. The second kappa shape index (κ2) is 18.8. The Morgan fingerprint density at radius 1 is 0.342 bits per heavy atom. The van der Waals surface area contributed by atoms with Gasteiger partial charge in [0, 0.05) is 32.1 Å². The van der Waals surface area contributed by atoms with Gasteiger partial charge in [-0.25, -0.2) is 0 Å². The van der Waals surface area contributed by atoms with E-state index in [0.29, 0.717) is 0 Å². The Bertz CT molecular complexity index is 4470. The van der Waals surface area contributed by atoms with Crippen molar-refractivity contribution < 1.29 is 0 Å². The molecule has 79 heavy (non-hydrogen) atoms. The average molecular weight is 1040 g/mol. The number of benzene rings is 10. The molecular weight excluding hydrogens is 991 g/mol. The molecule has 0 fully saturated rings. The number of allylic oxidation sites excluding steroid dienone is 4. The van der Waals surface area contributed by atoms with Crippen LogP contribution in [-0.2, 0) is 12.8 Å². The van der Waals surface area contributed by atoms with Gasteiger partial charge in [0.05, 0.1) is 11.0 Å². The van der Waals surface area contributed by atoms with E-state index in [-0.39, 0.29) is 5.92 Å². The predicted octanol–water partition coefficient (Wildman–Crippen LogP) is 21.2.